The molecule has 0 aromatic carbocycles. The van der Waals surface area contributed by atoms with E-state index in [0.29, 0.717) is 10.7 Å². The van der Waals surface area contributed by atoms with Crippen LogP contribution in [0.3, 0.4) is 0 Å². The van der Waals surface area contributed by atoms with Gasteiger partial charge in [0, 0.05) is 30.4 Å². The average molecular weight is 302 g/mol. The molecule has 1 N–H and O–H groups in total. The van der Waals surface area contributed by atoms with Crippen LogP contribution >= 0.6 is 11.6 Å². The van der Waals surface area contributed by atoms with Gasteiger partial charge in [-0.15, -0.1) is 0 Å². The highest BCUT2D eigenvalue weighted by Crippen LogP contribution is 2.22. The molecule has 3 heterocycles. The van der Waals surface area contributed by atoms with Crippen LogP contribution in [-0.4, -0.2) is 19.7 Å². The number of anilines is 1. The van der Waals surface area contributed by atoms with Crippen LogP contribution < -0.4 is 5.32 Å². The summed E-state index contributed by atoms with van der Waals surface area (Å²) in [7, 11) is 1.92. The Bertz CT molecular complexity index is 796. The van der Waals surface area contributed by atoms with Gasteiger partial charge in [0.15, 0.2) is 5.65 Å². The van der Waals surface area contributed by atoms with Crippen LogP contribution in [0.2, 0.25) is 5.02 Å². The Kier molecular flexibility index (Phi) is 3.51. The standard InChI is InChI=1S/C15H16ClN5/c1-9(13-8-21(3)20-10(13)2)18-14-5-4-11-6-12(16)7-17-15(11)19-14/h4-9H,1-3H3,(H,17,18,19). The zero-order valence-electron chi connectivity index (χ0n) is 12.1. The molecule has 3 aromatic rings. The Labute approximate surface area is 128 Å². The molecular weight excluding hydrogens is 286 g/mol. The maximum absolute atomic E-state index is 5.93. The molecule has 0 saturated carbocycles. The molecule has 1 atom stereocenters. The Hall–Kier alpha value is -2.14. The molecule has 5 nitrogen and oxygen atoms in total. The number of rotatable bonds is 3. The van der Waals surface area contributed by atoms with Gasteiger partial charge in [-0.25, -0.2) is 9.97 Å². The molecule has 0 saturated heterocycles. The van der Waals surface area contributed by atoms with Crippen molar-refractivity contribution in [3.63, 3.8) is 0 Å². The van der Waals surface area contributed by atoms with Crippen molar-refractivity contribution in [2.24, 2.45) is 7.05 Å². The fourth-order valence-corrected chi connectivity index (χ4v) is 2.57. The van der Waals surface area contributed by atoms with Gasteiger partial charge < -0.3 is 5.32 Å². The van der Waals surface area contributed by atoms with Gasteiger partial charge >= 0.3 is 0 Å². The van der Waals surface area contributed by atoms with Crippen LogP contribution in [0.15, 0.2) is 30.6 Å². The number of nitrogens with zero attached hydrogens (tertiary/aromatic N) is 4. The van der Waals surface area contributed by atoms with E-state index in [-0.39, 0.29) is 6.04 Å². The first-order chi connectivity index (χ1) is 10.0. The van der Waals surface area contributed by atoms with E-state index in [1.165, 1.54) is 0 Å². The average Bonchev–Trinajstić information content (AvgIpc) is 2.78. The maximum atomic E-state index is 5.93. The zero-order valence-corrected chi connectivity index (χ0v) is 12.9. The number of pyridine rings is 2. The highest BCUT2D eigenvalue weighted by Gasteiger charge is 2.12. The van der Waals surface area contributed by atoms with Crippen molar-refractivity contribution >= 4 is 28.5 Å². The number of fused-ring (bicyclic) bond motifs is 1. The van der Waals surface area contributed by atoms with E-state index in [1.807, 2.05) is 43.0 Å². The van der Waals surface area contributed by atoms with Gasteiger partial charge in [0.25, 0.3) is 0 Å². The van der Waals surface area contributed by atoms with Gasteiger partial charge in [-0.2, -0.15) is 5.10 Å². The Morgan fingerprint density at radius 3 is 2.86 bits per heavy atom. The monoisotopic (exact) mass is 301 g/mol. The fourth-order valence-electron chi connectivity index (χ4n) is 2.41. The van der Waals surface area contributed by atoms with Gasteiger partial charge in [-0.05, 0) is 32.0 Å². The topological polar surface area (TPSA) is 55.6 Å². The van der Waals surface area contributed by atoms with Crippen molar-refractivity contribution in [2.75, 3.05) is 5.32 Å². The summed E-state index contributed by atoms with van der Waals surface area (Å²) in [5.41, 5.74) is 2.85. The van der Waals surface area contributed by atoms with Crippen molar-refractivity contribution in [3.05, 3.63) is 46.9 Å². The summed E-state index contributed by atoms with van der Waals surface area (Å²) in [5.74, 6) is 0.785. The molecule has 3 aromatic heterocycles. The lowest BCUT2D eigenvalue weighted by Gasteiger charge is -2.14. The lowest BCUT2D eigenvalue weighted by molar-refractivity contribution is 0.756. The van der Waals surface area contributed by atoms with Crippen molar-refractivity contribution in [2.45, 2.75) is 19.9 Å². The first-order valence-electron chi connectivity index (χ1n) is 6.72. The molecule has 1 unspecified atom stereocenters. The maximum Gasteiger partial charge on any atom is 0.161 e. The normalized spacial score (nSPS) is 12.6. The molecule has 0 amide bonds. The van der Waals surface area contributed by atoms with Gasteiger partial charge in [0.05, 0.1) is 16.8 Å². The molecule has 21 heavy (non-hydrogen) atoms. The summed E-state index contributed by atoms with van der Waals surface area (Å²) in [6, 6.07) is 5.88. The van der Waals surface area contributed by atoms with Crippen molar-refractivity contribution in [1.82, 2.24) is 19.7 Å². The molecule has 0 spiro atoms. The molecule has 6 heteroatoms. The molecule has 0 bridgehead atoms. The first kappa shape index (κ1) is 13.8. The number of aromatic nitrogens is 4. The number of hydrogen-bond acceptors (Lipinski definition) is 4. The SMILES string of the molecule is Cc1nn(C)cc1C(C)Nc1ccc2cc(Cl)cnc2n1. The summed E-state index contributed by atoms with van der Waals surface area (Å²) < 4.78 is 1.82. The number of aryl methyl sites for hydroxylation is 2. The van der Waals surface area contributed by atoms with Crippen LogP contribution in [-0.2, 0) is 7.05 Å². The van der Waals surface area contributed by atoms with Gasteiger partial charge in [0.2, 0.25) is 0 Å². The molecule has 0 radical (unpaired) electrons. The van der Waals surface area contributed by atoms with Crippen LogP contribution in [0, 0.1) is 6.92 Å². The smallest absolute Gasteiger partial charge is 0.161 e. The Balaban J connectivity index is 1.87. The van der Waals surface area contributed by atoms with E-state index in [0.717, 1.165) is 22.5 Å². The minimum atomic E-state index is 0.121. The zero-order chi connectivity index (χ0) is 15.0. The van der Waals surface area contributed by atoms with Crippen LogP contribution in [0.5, 0.6) is 0 Å². The Morgan fingerprint density at radius 1 is 1.33 bits per heavy atom. The molecule has 0 aliphatic carbocycles. The highest BCUT2D eigenvalue weighted by molar-refractivity contribution is 6.31. The third-order valence-electron chi connectivity index (χ3n) is 3.39. The minimum absolute atomic E-state index is 0.121. The fraction of sp³-hybridized carbons (Fsp3) is 0.267. The summed E-state index contributed by atoms with van der Waals surface area (Å²) in [4.78, 5) is 8.75. The second-order valence-corrected chi connectivity index (χ2v) is 5.54. The summed E-state index contributed by atoms with van der Waals surface area (Å²) in [6.07, 6.45) is 3.63. The third-order valence-corrected chi connectivity index (χ3v) is 3.60. The molecule has 108 valence electrons. The minimum Gasteiger partial charge on any atom is -0.363 e. The number of halogens is 1. The van der Waals surface area contributed by atoms with E-state index in [9.17, 15) is 0 Å². The molecule has 0 fully saturated rings. The summed E-state index contributed by atoms with van der Waals surface area (Å²) >= 11 is 5.93. The van der Waals surface area contributed by atoms with Crippen molar-refractivity contribution < 1.29 is 0 Å². The first-order valence-corrected chi connectivity index (χ1v) is 7.10. The van der Waals surface area contributed by atoms with E-state index in [4.69, 9.17) is 11.6 Å². The van der Waals surface area contributed by atoms with E-state index >= 15 is 0 Å². The Morgan fingerprint density at radius 2 is 2.14 bits per heavy atom. The summed E-state index contributed by atoms with van der Waals surface area (Å²) in [5, 5.41) is 9.29. The molecule has 3 rings (SSSR count). The predicted molar refractivity (Wildman–Crippen MR) is 84.5 cm³/mol. The van der Waals surface area contributed by atoms with Crippen LogP contribution in [0.1, 0.15) is 24.2 Å². The molecule has 0 aliphatic heterocycles. The quantitative estimate of drug-likeness (QED) is 0.804. The van der Waals surface area contributed by atoms with Crippen LogP contribution in [0.4, 0.5) is 5.82 Å². The van der Waals surface area contributed by atoms with Gasteiger partial charge in [-0.1, -0.05) is 11.6 Å². The third kappa shape index (κ3) is 2.83. The van der Waals surface area contributed by atoms with E-state index in [1.54, 1.807) is 6.20 Å². The van der Waals surface area contributed by atoms with Crippen molar-refractivity contribution in [3.8, 4) is 0 Å². The predicted octanol–water partition coefficient (Wildman–Crippen LogP) is 3.50. The number of hydrogen-bond donors (Lipinski definition) is 1. The second kappa shape index (κ2) is 5.33. The lowest BCUT2D eigenvalue weighted by Crippen LogP contribution is -2.08. The lowest BCUT2D eigenvalue weighted by atomic mass is 10.1. The van der Waals surface area contributed by atoms with Gasteiger partial charge in [0.1, 0.15) is 5.82 Å². The van der Waals surface area contributed by atoms with E-state index < -0.39 is 0 Å². The largest absolute Gasteiger partial charge is 0.363 e. The van der Waals surface area contributed by atoms with Crippen LogP contribution in [0.25, 0.3) is 11.0 Å². The molecule has 0 aliphatic rings. The van der Waals surface area contributed by atoms with Gasteiger partial charge in [-0.3, -0.25) is 4.68 Å². The second-order valence-electron chi connectivity index (χ2n) is 5.11. The van der Waals surface area contributed by atoms with Crippen molar-refractivity contribution in [1.29, 1.82) is 0 Å². The number of nitrogens with one attached hydrogen (secondary N) is 1. The summed E-state index contributed by atoms with van der Waals surface area (Å²) in [6.45, 7) is 4.09. The highest BCUT2D eigenvalue weighted by atomic mass is 35.5. The van der Waals surface area contributed by atoms with E-state index in [2.05, 4.69) is 27.3 Å². The molecular formula is C15H16ClN5.